The molecule has 4 rings (SSSR count). The van der Waals surface area contributed by atoms with Crippen molar-refractivity contribution in [3.63, 3.8) is 0 Å². The third-order valence-corrected chi connectivity index (χ3v) is 8.68. The number of hydrogen-bond donors (Lipinski definition) is 0. The van der Waals surface area contributed by atoms with Gasteiger partial charge in [-0.1, -0.05) is 55.3 Å². The predicted octanol–water partition coefficient (Wildman–Crippen LogP) is 5.73. The number of fused-ring (bicyclic) bond motifs is 1. The topological polar surface area (TPSA) is 72.3 Å². The molecule has 7 heteroatoms. The summed E-state index contributed by atoms with van der Waals surface area (Å²) in [6.07, 6.45) is 3.07. The number of unbranched alkanes of at least 4 members (excludes halogenated alkanes) is 1. The minimum atomic E-state index is -3.83. The SMILES string of the molecule is CCCCc1ccc(S(=O)(=O)N(C)C(C)c2nc3ccccc3c(=O)n2-c2ccc(C)cc2C)cc1. The smallest absolute Gasteiger partial charge is 0.266 e. The Morgan fingerprint density at radius 2 is 1.69 bits per heavy atom. The molecule has 4 aromatic rings. The zero-order valence-corrected chi connectivity index (χ0v) is 22.3. The number of benzene rings is 3. The van der Waals surface area contributed by atoms with Crippen LogP contribution in [-0.4, -0.2) is 29.3 Å². The van der Waals surface area contributed by atoms with Gasteiger partial charge < -0.3 is 0 Å². The number of aryl methyl sites for hydroxylation is 3. The van der Waals surface area contributed by atoms with Gasteiger partial charge in [-0.3, -0.25) is 9.36 Å². The normalized spacial score (nSPS) is 12.8. The Hall–Kier alpha value is -3.29. The quantitative estimate of drug-likeness (QED) is 0.308. The van der Waals surface area contributed by atoms with Gasteiger partial charge in [0, 0.05) is 7.05 Å². The van der Waals surface area contributed by atoms with Gasteiger partial charge in [-0.2, -0.15) is 4.31 Å². The van der Waals surface area contributed by atoms with Crippen molar-refractivity contribution in [3.05, 3.63) is 99.6 Å². The summed E-state index contributed by atoms with van der Waals surface area (Å²) in [5, 5.41) is 0.488. The van der Waals surface area contributed by atoms with Gasteiger partial charge in [0.25, 0.3) is 5.56 Å². The van der Waals surface area contributed by atoms with Crippen LogP contribution in [0.15, 0.2) is 76.4 Å². The van der Waals surface area contributed by atoms with Crippen molar-refractivity contribution >= 4 is 20.9 Å². The van der Waals surface area contributed by atoms with Gasteiger partial charge in [0.1, 0.15) is 5.82 Å². The molecular formula is C29H33N3O3S. The number of sulfonamides is 1. The Balaban J connectivity index is 1.83. The summed E-state index contributed by atoms with van der Waals surface area (Å²) in [5.74, 6) is 0.372. The first-order chi connectivity index (χ1) is 17.1. The molecule has 0 saturated carbocycles. The zero-order chi connectivity index (χ0) is 26.0. The lowest BCUT2D eigenvalue weighted by atomic mass is 10.1. The molecule has 1 aromatic heterocycles. The van der Waals surface area contributed by atoms with Gasteiger partial charge in [0.15, 0.2) is 0 Å². The number of rotatable bonds is 8. The highest BCUT2D eigenvalue weighted by Crippen LogP contribution is 2.28. The van der Waals surface area contributed by atoms with Crippen molar-refractivity contribution in [2.24, 2.45) is 0 Å². The van der Waals surface area contributed by atoms with Crippen LogP contribution in [0.3, 0.4) is 0 Å². The minimum absolute atomic E-state index is 0.221. The Labute approximate surface area is 213 Å². The zero-order valence-electron chi connectivity index (χ0n) is 21.5. The Morgan fingerprint density at radius 1 is 1.00 bits per heavy atom. The lowest BCUT2D eigenvalue weighted by Gasteiger charge is -2.27. The van der Waals surface area contributed by atoms with E-state index in [1.54, 1.807) is 42.8 Å². The summed E-state index contributed by atoms with van der Waals surface area (Å²) >= 11 is 0. The first-order valence-corrected chi connectivity index (χ1v) is 13.8. The maximum Gasteiger partial charge on any atom is 0.266 e. The van der Waals surface area contributed by atoms with Crippen LogP contribution in [0.25, 0.3) is 16.6 Å². The molecule has 0 bridgehead atoms. The lowest BCUT2D eigenvalue weighted by molar-refractivity contribution is 0.379. The van der Waals surface area contributed by atoms with E-state index in [-0.39, 0.29) is 10.5 Å². The van der Waals surface area contributed by atoms with E-state index in [1.165, 1.54) is 4.31 Å². The molecule has 0 spiro atoms. The van der Waals surface area contributed by atoms with Gasteiger partial charge in [-0.25, -0.2) is 13.4 Å². The van der Waals surface area contributed by atoms with Gasteiger partial charge >= 0.3 is 0 Å². The highest BCUT2D eigenvalue weighted by molar-refractivity contribution is 7.89. The van der Waals surface area contributed by atoms with Crippen LogP contribution in [0.5, 0.6) is 0 Å². The number of nitrogens with zero attached hydrogens (tertiary/aromatic N) is 3. The van der Waals surface area contributed by atoms with Crippen LogP contribution >= 0.6 is 0 Å². The van der Waals surface area contributed by atoms with E-state index < -0.39 is 16.1 Å². The first-order valence-electron chi connectivity index (χ1n) is 12.3. The Bertz CT molecular complexity index is 1560. The molecule has 1 atom stereocenters. The molecule has 0 fully saturated rings. The molecule has 1 unspecified atom stereocenters. The van der Waals surface area contributed by atoms with E-state index in [0.717, 1.165) is 36.0 Å². The summed E-state index contributed by atoms with van der Waals surface area (Å²) in [4.78, 5) is 18.7. The van der Waals surface area contributed by atoms with Gasteiger partial charge in [0.05, 0.1) is 27.5 Å². The second kappa shape index (κ2) is 10.4. The van der Waals surface area contributed by atoms with Crippen molar-refractivity contribution < 1.29 is 8.42 Å². The predicted molar refractivity (Wildman–Crippen MR) is 145 cm³/mol. The fraction of sp³-hybridized carbons (Fsp3) is 0.310. The lowest BCUT2D eigenvalue weighted by Crippen LogP contribution is -2.35. The third kappa shape index (κ3) is 4.86. The van der Waals surface area contributed by atoms with Crippen LogP contribution < -0.4 is 5.56 Å². The molecule has 0 saturated heterocycles. The Morgan fingerprint density at radius 3 is 2.36 bits per heavy atom. The standard InChI is InChI=1S/C29H33N3O3S/c1-6-7-10-23-14-16-24(17-15-23)36(34,35)31(5)22(4)28-30-26-12-9-8-11-25(26)29(33)32(28)27-18-13-20(2)19-21(27)3/h8-9,11-19,22H,6-7,10H2,1-5H3. The second-order valence-corrected chi connectivity index (χ2v) is 11.4. The van der Waals surface area contributed by atoms with Crippen molar-refractivity contribution in [3.8, 4) is 5.69 Å². The molecule has 0 radical (unpaired) electrons. The summed E-state index contributed by atoms with van der Waals surface area (Å²) < 4.78 is 30.0. The van der Waals surface area contributed by atoms with E-state index in [0.29, 0.717) is 22.4 Å². The Kier molecular flexibility index (Phi) is 7.43. The van der Waals surface area contributed by atoms with Crippen LogP contribution in [0, 0.1) is 13.8 Å². The molecule has 188 valence electrons. The summed E-state index contributed by atoms with van der Waals surface area (Å²) in [6.45, 7) is 7.84. The molecular weight excluding hydrogens is 470 g/mol. The third-order valence-electron chi connectivity index (χ3n) is 6.73. The van der Waals surface area contributed by atoms with E-state index in [9.17, 15) is 13.2 Å². The van der Waals surface area contributed by atoms with Crippen LogP contribution in [0.1, 0.15) is 55.2 Å². The van der Waals surface area contributed by atoms with Crippen molar-refractivity contribution in [2.45, 2.75) is 57.9 Å². The van der Waals surface area contributed by atoms with E-state index in [2.05, 4.69) is 6.92 Å². The molecule has 1 heterocycles. The molecule has 0 aliphatic rings. The minimum Gasteiger partial charge on any atom is -0.268 e. The van der Waals surface area contributed by atoms with Crippen molar-refractivity contribution in [1.82, 2.24) is 13.9 Å². The molecule has 3 aromatic carbocycles. The second-order valence-electron chi connectivity index (χ2n) is 9.36. The maximum absolute atomic E-state index is 13.7. The summed E-state index contributed by atoms with van der Waals surface area (Å²) in [6, 6.07) is 19.4. The van der Waals surface area contributed by atoms with E-state index in [1.807, 2.05) is 56.3 Å². The van der Waals surface area contributed by atoms with Gasteiger partial charge in [-0.15, -0.1) is 0 Å². The largest absolute Gasteiger partial charge is 0.268 e. The molecule has 36 heavy (non-hydrogen) atoms. The molecule has 0 aliphatic carbocycles. The molecule has 0 amide bonds. The van der Waals surface area contributed by atoms with Crippen LogP contribution in [-0.2, 0) is 16.4 Å². The van der Waals surface area contributed by atoms with E-state index >= 15 is 0 Å². The fourth-order valence-corrected chi connectivity index (χ4v) is 5.79. The molecule has 0 N–H and O–H groups in total. The maximum atomic E-state index is 13.7. The van der Waals surface area contributed by atoms with Crippen molar-refractivity contribution in [1.29, 1.82) is 0 Å². The van der Waals surface area contributed by atoms with Gasteiger partial charge in [-0.05, 0) is 75.1 Å². The highest BCUT2D eigenvalue weighted by atomic mass is 32.2. The van der Waals surface area contributed by atoms with E-state index in [4.69, 9.17) is 4.98 Å². The van der Waals surface area contributed by atoms with Crippen LogP contribution in [0.2, 0.25) is 0 Å². The average Bonchev–Trinajstić information content (AvgIpc) is 2.87. The molecule has 0 aliphatic heterocycles. The molecule has 6 nitrogen and oxygen atoms in total. The number of hydrogen-bond acceptors (Lipinski definition) is 4. The number of para-hydroxylation sites is 1. The summed E-state index contributed by atoms with van der Waals surface area (Å²) in [7, 11) is -2.29. The highest BCUT2D eigenvalue weighted by Gasteiger charge is 2.30. The average molecular weight is 504 g/mol. The van der Waals surface area contributed by atoms with Gasteiger partial charge in [0.2, 0.25) is 10.0 Å². The number of aromatic nitrogens is 2. The fourth-order valence-electron chi connectivity index (χ4n) is 4.47. The van der Waals surface area contributed by atoms with Crippen LogP contribution in [0.4, 0.5) is 0 Å². The first kappa shape index (κ1) is 25.8. The monoisotopic (exact) mass is 503 g/mol. The van der Waals surface area contributed by atoms with Crippen molar-refractivity contribution in [2.75, 3.05) is 7.05 Å². The summed E-state index contributed by atoms with van der Waals surface area (Å²) in [5.41, 5.74) is 4.12.